The highest BCUT2D eigenvalue weighted by Gasteiger charge is 2.20. The zero-order chi connectivity index (χ0) is 21.0. The van der Waals surface area contributed by atoms with Crippen LogP contribution >= 0.6 is 0 Å². The molecule has 0 amide bonds. The summed E-state index contributed by atoms with van der Waals surface area (Å²) in [4.78, 5) is 0.207. The number of aryl methyl sites for hydroxylation is 1. The molecule has 3 aromatic carbocycles. The summed E-state index contributed by atoms with van der Waals surface area (Å²) in [6.07, 6.45) is 0. The standard InChI is InChI=1S/C23H20N4O2S/c1-18-13-15-20(16-14-18)30(28,29)25-21(19-8-3-2-4-9-19)11-7-17-27-23-12-6-5-10-22(23)24-26-27/h2-6,8-10,12-16,21,25H,17H2,1H3. The molecule has 150 valence electrons. The van der Waals surface area contributed by atoms with Gasteiger partial charge < -0.3 is 0 Å². The average molecular weight is 417 g/mol. The Hall–Kier alpha value is -3.47. The van der Waals surface area contributed by atoms with Crippen molar-refractivity contribution in [2.24, 2.45) is 0 Å². The zero-order valence-electron chi connectivity index (χ0n) is 16.4. The van der Waals surface area contributed by atoms with E-state index in [9.17, 15) is 8.42 Å². The number of benzene rings is 3. The first-order valence-electron chi connectivity index (χ1n) is 9.43. The van der Waals surface area contributed by atoms with Crippen LogP contribution in [0.3, 0.4) is 0 Å². The first-order chi connectivity index (χ1) is 14.5. The summed E-state index contributed by atoms with van der Waals surface area (Å²) in [7, 11) is -3.73. The Labute approximate surface area is 175 Å². The van der Waals surface area contributed by atoms with Crippen molar-refractivity contribution in [3.05, 3.63) is 90.0 Å². The predicted octanol–water partition coefficient (Wildman–Crippen LogP) is 3.46. The second-order valence-corrected chi connectivity index (χ2v) is 8.55. The maximum atomic E-state index is 12.9. The van der Waals surface area contributed by atoms with Gasteiger partial charge in [-0.2, -0.15) is 4.72 Å². The lowest BCUT2D eigenvalue weighted by atomic mass is 10.1. The van der Waals surface area contributed by atoms with E-state index >= 15 is 0 Å². The number of hydrogen-bond acceptors (Lipinski definition) is 4. The van der Waals surface area contributed by atoms with E-state index in [1.54, 1.807) is 28.9 Å². The lowest BCUT2D eigenvalue weighted by molar-refractivity contribution is 0.576. The highest BCUT2D eigenvalue weighted by Crippen LogP contribution is 2.17. The van der Waals surface area contributed by atoms with Crippen molar-refractivity contribution < 1.29 is 8.42 Å². The molecule has 1 aromatic heterocycles. The normalized spacial score (nSPS) is 12.3. The van der Waals surface area contributed by atoms with Crippen LogP contribution in [0.4, 0.5) is 0 Å². The van der Waals surface area contributed by atoms with Gasteiger partial charge in [-0.25, -0.2) is 13.1 Å². The third-order valence-electron chi connectivity index (χ3n) is 4.63. The summed E-state index contributed by atoms with van der Waals surface area (Å²) in [5.74, 6) is 6.09. The number of fused-ring (bicyclic) bond motifs is 1. The first kappa shape index (κ1) is 19.8. The van der Waals surface area contributed by atoms with E-state index in [0.717, 1.165) is 22.2 Å². The topological polar surface area (TPSA) is 76.9 Å². The molecule has 0 saturated heterocycles. The molecule has 0 aliphatic rings. The van der Waals surface area contributed by atoms with Gasteiger partial charge in [0.05, 0.1) is 10.4 Å². The van der Waals surface area contributed by atoms with Gasteiger partial charge in [0.25, 0.3) is 0 Å². The van der Waals surface area contributed by atoms with Gasteiger partial charge in [-0.3, -0.25) is 0 Å². The highest BCUT2D eigenvalue weighted by molar-refractivity contribution is 7.89. The molecule has 4 aromatic rings. The number of nitrogens with one attached hydrogen (secondary N) is 1. The van der Waals surface area contributed by atoms with Crippen LogP contribution < -0.4 is 4.72 Å². The molecule has 0 spiro atoms. The van der Waals surface area contributed by atoms with Crippen molar-refractivity contribution in [1.82, 2.24) is 19.7 Å². The second-order valence-electron chi connectivity index (χ2n) is 6.83. The average Bonchev–Trinajstić information content (AvgIpc) is 3.17. The Balaban J connectivity index is 1.61. The Kier molecular flexibility index (Phi) is 5.61. The van der Waals surface area contributed by atoms with Crippen molar-refractivity contribution in [1.29, 1.82) is 0 Å². The van der Waals surface area contributed by atoms with Gasteiger partial charge in [-0.05, 0) is 36.8 Å². The summed E-state index contributed by atoms with van der Waals surface area (Å²) in [5.41, 5.74) is 3.43. The monoisotopic (exact) mass is 416 g/mol. The third-order valence-corrected chi connectivity index (χ3v) is 6.07. The summed E-state index contributed by atoms with van der Waals surface area (Å²) >= 11 is 0. The van der Waals surface area contributed by atoms with Crippen molar-refractivity contribution in [2.45, 2.75) is 24.4 Å². The van der Waals surface area contributed by atoms with Gasteiger partial charge in [0.2, 0.25) is 10.0 Å². The SMILES string of the molecule is Cc1ccc(S(=O)(=O)NC(C#CCn2nnc3ccccc32)c2ccccc2)cc1. The minimum atomic E-state index is -3.73. The fourth-order valence-electron chi connectivity index (χ4n) is 3.02. The smallest absolute Gasteiger partial charge is 0.233 e. The number of sulfonamides is 1. The van der Waals surface area contributed by atoms with Gasteiger partial charge in [0.1, 0.15) is 18.1 Å². The maximum Gasteiger partial charge on any atom is 0.241 e. The van der Waals surface area contributed by atoms with Crippen LogP contribution in [-0.2, 0) is 16.6 Å². The molecule has 1 unspecified atom stereocenters. The van der Waals surface area contributed by atoms with E-state index < -0.39 is 16.1 Å². The lowest BCUT2D eigenvalue weighted by Crippen LogP contribution is -2.28. The molecule has 0 radical (unpaired) electrons. The first-order valence-corrected chi connectivity index (χ1v) is 10.9. The van der Waals surface area contributed by atoms with E-state index in [4.69, 9.17) is 0 Å². The van der Waals surface area contributed by atoms with Crippen LogP contribution in [-0.4, -0.2) is 23.4 Å². The summed E-state index contributed by atoms with van der Waals surface area (Å²) < 4.78 is 30.2. The third kappa shape index (κ3) is 4.40. The molecule has 0 bridgehead atoms. The number of hydrogen-bond donors (Lipinski definition) is 1. The fourth-order valence-corrected chi connectivity index (χ4v) is 4.16. The molecule has 1 N–H and O–H groups in total. The molecular formula is C23H20N4O2S. The van der Waals surface area contributed by atoms with Gasteiger partial charge >= 0.3 is 0 Å². The minimum absolute atomic E-state index is 0.207. The Morgan fingerprint density at radius 1 is 0.967 bits per heavy atom. The van der Waals surface area contributed by atoms with Gasteiger partial charge in [0.15, 0.2) is 0 Å². The van der Waals surface area contributed by atoms with Gasteiger partial charge in [-0.15, -0.1) is 5.10 Å². The van der Waals surface area contributed by atoms with Crippen LogP contribution in [0.2, 0.25) is 0 Å². The molecule has 1 atom stereocenters. The maximum absolute atomic E-state index is 12.9. The molecule has 0 aliphatic heterocycles. The molecule has 7 heteroatoms. The minimum Gasteiger partial charge on any atom is -0.233 e. The van der Waals surface area contributed by atoms with E-state index in [1.807, 2.05) is 61.5 Å². The van der Waals surface area contributed by atoms with E-state index in [1.165, 1.54) is 0 Å². The summed E-state index contributed by atoms with van der Waals surface area (Å²) in [6.45, 7) is 2.21. The second kappa shape index (κ2) is 8.49. The molecule has 0 saturated carbocycles. The van der Waals surface area contributed by atoms with Crippen molar-refractivity contribution >= 4 is 21.1 Å². The van der Waals surface area contributed by atoms with Crippen LogP contribution in [0.25, 0.3) is 11.0 Å². The predicted molar refractivity (Wildman–Crippen MR) is 116 cm³/mol. The van der Waals surface area contributed by atoms with Crippen LogP contribution in [0.5, 0.6) is 0 Å². The number of nitrogens with zero attached hydrogens (tertiary/aromatic N) is 3. The molecule has 4 rings (SSSR count). The van der Waals surface area contributed by atoms with Crippen LogP contribution in [0.15, 0.2) is 83.8 Å². The Morgan fingerprint density at radius 3 is 2.43 bits per heavy atom. The van der Waals surface area contributed by atoms with E-state index in [0.29, 0.717) is 6.54 Å². The molecule has 1 heterocycles. The molecule has 6 nitrogen and oxygen atoms in total. The van der Waals surface area contributed by atoms with Crippen LogP contribution in [0, 0.1) is 18.8 Å². The summed E-state index contributed by atoms with van der Waals surface area (Å²) in [6, 6.07) is 23.0. The van der Waals surface area contributed by atoms with E-state index in [2.05, 4.69) is 26.9 Å². The van der Waals surface area contributed by atoms with Crippen LogP contribution in [0.1, 0.15) is 17.2 Å². The lowest BCUT2D eigenvalue weighted by Gasteiger charge is -2.14. The van der Waals surface area contributed by atoms with Gasteiger partial charge in [0, 0.05) is 0 Å². The Morgan fingerprint density at radius 2 is 1.67 bits per heavy atom. The number of rotatable bonds is 5. The number of para-hydroxylation sites is 1. The quantitative estimate of drug-likeness (QED) is 0.506. The van der Waals surface area contributed by atoms with Gasteiger partial charge in [-0.1, -0.05) is 77.2 Å². The van der Waals surface area contributed by atoms with E-state index in [-0.39, 0.29) is 4.90 Å². The molecule has 0 aliphatic carbocycles. The van der Waals surface area contributed by atoms with Crippen molar-refractivity contribution in [2.75, 3.05) is 0 Å². The summed E-state index contributed by atoms with van der Waals surface area (Å²) in [5, 5.41) is 8.24. The number of aromatic nitrogens is 3. The fraction of sp³-hybridized carbons (Fsp3) is 0.130. The highest BCUT2D eigenvalue weighted by atomic mass is 32.2. The molecule has 0 fully saturated rings. The zero-order valence-corrected chi connectivity index (χ0v) is 17.2. The largest absolute Gasteiger partial charge is 0.241 e. The van der Waals surface area contributed by atoms with Crippen molar-refractivity contribution in [3.8, 4) is 11.8 Å². The van der Waals surface area contributed by atoms with Crippen molar-refractivity contribution in [3.63, 3.8) is 0 Å². The Bertz CT molecular complexity index is 1320. The molecule has 30 heavy (non-hydrogen) atoms. The molecular weight excluding hydrogens is 396 g/mol.